The van der Waals surface area contributed by atoms with Gasteiger partial charge >= 0.3 is 0 Å². The third-order valence-corrected chi connectivity index (χ3v) is 3.17. The normalized spacial score (nSPS) is 26.7. The highest BCUT2D eigenvalue weighted by Gasteiger charge is 2.34. The fourth-order valence-corrected chi connectivity index (χ4v) is 2.21. The van der Waals surface area contributed by atoms with Crippen molar-refractivity contribution in [3.63, 3.8) is 0 Å². The standard InChI is InChI=1S/C12H13ClO2/c13-10-5-3-9(4-6-10)12(15)7-1-2-11(14)8-12/h3-6,15H,1-2,7-8H2/t12-/m1/s1. The summed E-state index contributed by atoms with van der Waals surface area (Å²) >= 11 is 5.78. The highest BCUT2D eigenvalue weighted by atomic mass is 35.5. The molecule has 2 rings (SSSR count). The van der Waals surface area contributed by atoms with Crippen LogP contribution in [0.2, 0.25) is 5.02 Å². The van der Waals surface area contributed by atoms with Crippen molar-refractivity contribution in [3.8, 4) is 0 Å². The highest BCUT2D eigenvalue weighted by Crippen LogP contribution is 2.35. The van der Waals surface area contributed by atoms with Crippen molar-refractivity contribution in [3.05, 3.63) is 34.9 Å². The molecule has 3 heteroatoms. The lowest BCUT2D eigenvalue weighted by molar-refractivity contribution is -0.128. The van der Waals surface area contributed by atoms with Gasteiger partial charge in [0.15, 0.2) is 0 Å². The van der Waals surface area contributed by atoms with Crippen LogP contribution in [0.5, 0.6) is 0 Å². The molecule has 0 radical (unpaired) electrons. The Morgan fingerprint density at radius 3 is 2.53 bits per heavy atom. The second kappa shape index (κ2) is 3.95. The summed E-state index contributed by atoms with van der Waals surface area (Å²) in [5.41, 5.74) is -0.181. The first-order valence-corrected chi connectivity index (χ1v) is 5.48. The second-order valence-electron chi connectivity index (χ2n) is 4.11. The molecule has 0 unspecified atom stereocenters. The Bertz CT molecular complexity index is 372. The molecule has 1 aliphatic rings. The second-order valence-corrected chi connectivity index (χ2v) is 4.54. The van der Waals surface area contributed by atoms with Gasteiger partial charge in [-0.05, 0) is 30.5 Å². The Kier molecular flexibility index (Phi) is 2.81. The Labute approximate surface area is 93.9 Å². The van der Waals surface area contributed by atoms with Crippen LogP contribution in [-0.2, 0) is 10.4 Å². The van der Waals surface area contributed by atoms with E-state index >= 15 is 0 Å². The van der Waals surface area contributed by atoms with Crippen molar-refractivity contribution in [2.45, 2.75) is 31.3 Å². The SMILES string of the molecule is O=C1CCC[C@](O)(c2ccc(Cl)cc2)C1. The molecule has 0 aromatic heterocycles. The van der Waals surface area contributed by atoms with Gasteiger partial charge in [-0.3, -0.25) is 4.79 Å². The van der Waals surface area contributed by atoms with Crippen LogP contribution in [0.4, 0.5) is 0 Å². The molecule has 0 aliphatic heterocycles. The van der Waals surface area contributed by atoms with Gasteiger partial charge in [-0.2, -0.15) is 0 Å². The number of hydrogen-bond acceptors (Lipinski definition) is 2. The van der Waals surface area contributed by atoms with Gasteiger partial charge in [0.25, 0.3) is 0 Å². The number of ketones is 1. The molecule has 1 N–H and O–H groups in total. The van der Waals surface area contributed by atoms with E-state index in [1.54, 1.807) is 24.3 Å². The van der Waals surface area contributed by atoms with Crippen LogP contribution in [-0.4, -0.2) is 10.9 Å². The summed E-state index contributed by atoms with van der Waals surface area (Å²) in [5.74, 6) is 0.138. The fourth-order valence-electron chi connectivity index (χ4n) is 2.09. The minimum atomic E-state index is -0.972. The summed E-state index contributed by atoms with van der Waals surface area (Å²) in [6.45, 7) is 0. The van der Waals surface area contributed by atoms with E-state index in [-0.39, 0.29) is 12.2 Å². The van der Waals surface area contributed by atoms with E-state index in [1.807, 2.05) is 0 Å². The molecule has 0 heterocycles. The first-order valence-electron chi connectivity index (χ1n) is 5.10. The first-order chi connectivity index (χ1) is 7.10. The average Bonchev–Trinajstić information content (AvgIpc) is 2.18. The molecule has 2 nitrogen and oxygen atoms in total. The third-order valence-electron chi connectivity index (χ3n) is 2.92. The quantitative estimate of drug-likeness (QED) is 0.797. The zero-order valence-corrected chi connectivity index (χ0v) is 9.13. The van der Waals surface area contributed by atoms with Crippen LogP contribution in [0, 0.1) is 0 Å². The van der Waals surface area contributed by atoms with Crippen molar-refractivity contribution in [2.75, 3.05) is 0 Å². The lowest BCUT2D eigenvalue weighted by Gasteiger charge is -2.31. The van der Waals surface area contributed by atoms with E-state index in [4.69, 9.17) is 11.6 Å². The van der Waals surface area contributed by atoms with Gasteiger partial charge in [-0.1, -0.05) is 23.7 Å². The van der Waals surface area contributed by atoms with Crippen molar-refractivity contribution in [1.29, 1.82) is 0 Å². The maximum absolute atomic E-state index is 11.3. The van der Waals surface area contributed by atoms with E-state index < -0.39 is 5.60 Å². The summed E-state index contributed by atoms with van der Waals surface area (Å²) in [6, 6.07) is 7.07. The van der Waals surface area contributed by atoms with Gasteiger partial charge < -0.3 is 5.11 Å². The molecule has 1 aliphatic carbocycles. The molecule has 1 atom stereocenters. The van der Waals surface area contributed by atoms with Gasteiger partial charge in [0, 0.05) is 17.9 Å². The maximum atomic E-state index is 11.3. The molecule has 0 amide bonds. The minimum Gasteiger partial charge on any atom is -0.385 e. The molecule has 0 bridgehead atoms. The highest BCUT2D eigenvalue weighted by molar-refractivity contribution is 6.30. The average molecular weight is 225 g/mol. The lowest BCUT2D eigenvalue weighted by atomic mass is 9.79. The molecule has 1 aromatic rings. The van der Waals surface area contributed by atoms with E-state index in [9.17, 15) is 9.90 Å². The van der Waals surface area contributed by atoms with Gasteiger partial charge in [-0.25, -0.2) is 0 Å². The van der Waals surface area contributed by atoms with Crippen LogP contribution in [0.1, 0.15) is 31.2 Å². The molecule has 1 aromatic carbocycles. The monoisotopic (exact) mass is 224 g/mol. The number of rotatable bonds is 1. The van der Waals surface area contributed by atoms with Crippen LogP contribution in [0.25, 0.3) is 0 Å². The van der Waals surface area contributed by atoms with Gasteiger partial charge in [-0.15, -0.1) is 0 Å². The minimum absolute atomic E-state index is 0.138. The van der Waals surface area contributed by atoms with E-state index in [0.717, 1.165) is 12.0 Å². The summed E-state index contributed by atoms with van der Waals surface area (Å²) in [4.78, 5) is 11.3. The number of carbonyl (C=O) groups is 1. The van der Waals surface area contributed by atoms with Crippen molar-refractivity contribution >= 4 is 17.4 Å². The molecule has 0 saturated heterocycles. The number of aliphatic hydroxyl groups is 1. The third kappa shape index (κ3) is 2.21. The van der Waals surface area contributed by atoms with Gasteiger partial charge in [0.1, 0.15) is 5.78 Å². The van der Waals surface area contributed by atoms with E-state index in [2.05, 4.69) is 0 Å². The summed E-state index contributed by atoms with van der Waals surface area (Å²) in [6.07, 6.45) is 2.24. The Morgan fingerprint density at radius 1 is 1.27 bits per heavy atom. The lowest BCUT2D eigenvalue weighted by Crippen LogP contribution is -2.32. The van der Waals surface area contributed by atoms with Crippen LogP contribution in [0.15, 0.2) is 24.3 Å². The zero-order valence-electron chi connectivity index (χ0n) is 8.37. The predicted octanol–water partition coefficient (Wildman–Crippen LogP) is 2.67. The zero-order chi connectivity index (χ0) is 10.9. The van der Waals surface area contributed by atoms with Crippen LogP contribution in [0.3, 0.4) is 0 Å². The van der Waals surface area contributed by atoms with Crippen molar-refractivity contribution in [1.82, 2.24) is 0 Å². The maximum Gasteiger partial charge on any atom is 0.136 e. The number of benzene rings is 1. The van der Waals surface area contributed by atoms with Crippen LogP contribution < -0.4 is 0 Å². The predicted molar refractivity (Wildman–Crippen MR) is 58.8 cm³/mol. The molecule has 1 saturated carbocycles. The van der Waals surface area contributed by atoms with Crippen molar-refractivity contribution < 1.29 is 9.90 Å². The van der Waals surface area contributed by atoms with Crippen LogP contribution >= 0.6 is 11.6 Å². The molecule has 1 fully saturated rings. The van der Waals surface area contributed by atoms with E-state index in [1.165, 1.54) is 0 Å². The molecular formula is C12H13ClO2. The molecule has 15 heavy (non-hydrogen) atoms. The first kappa shape index (κ1) is 10.7. The number of Topliss-reactive ketones (excluding diaryl/α,β-unsaturated/α-hetero) is 1. The number of halogens is 1. The summed E-state index contributed by atoms with van der Waals surface area (Å²) in [7, 11) is 0. The Morgan fingerprint density at radius 2 is 1.93 bits per heavy atom. The largest absolute Gasteiger partial charge is 0.385 e. The van der Waals surface area contributed by atoms with E-state index in [0.29, 0.717) is 17.9 Å². The molecule has 80 valence electrons. The van der Waals surface area contributed by atoms with Gasteiger partial charge in [0.2, 0.25) is 0 Å². The number of carbonyl (C=O) groups excluding carboxylic acids is 1. The van der Waals surface area contributed by atoms with Gasteiger partial charge in [0.05, 0.1) is 5.60 Å². The number of hydrogen-bond donors (Lipinski definition) is 1. The molecule has 0 spiro atoms. The summed E-state index contributed by atoms with van der Waals surface area (Å²) in [5, 5.41) is 11.0. The van der Waals surface area contributed by atoms with Crippen molar-refractivity contribution in [2.24, 2.45) is 0 Å². The smallest absolute Gasteiger partial charge is 0.136 e. The Hall–Kier alpha value is -0.860. The Balaban J connectivity index is 2.28. The summed E-state index contributed by atoms with van der Waals surface area (Å²) < 4.78 is 0. The molecular weight excluding hydrogens is 212 g/mol. The topological polar surface area (TPSA) is 37.3 Å². The fraction of sp³-hybridized carbons (Fsp3) is 0.417.